The van der Waals surface area contributed by atoms with E-state index < -0.39 is 157 Å². The third-order valence-corrected chi connectivity index (χ3v) is 13.5. The topological polar surface area (TPSA) is 452 Å². The van der Waals surface area contributed by atoms with E-state index in [9.17, 15) is 72.9 Å². The Morgan fingerprint density at radius 3 is 0.753 bits per heavy atom. The van der Waals surface area contributed by atoms with Crippen molar-refractivity contribution < 1.29 is 72.9 Å². The number of carboxylic acids is 3. The number of unbranched alkanes of at least 4 members (excludes halogenated alkanes) is 2. The van der Waals surface area contributed by atoms with Gasteiger partial charge in [-0.25, -0.2) is 4.79 Å². The first-order valence-electron chi connectivity index (χ1n) is 30.2. The maximum absolute atomic E-state index is 14.4. The fourth-order valence-corrected chi connectivity index (χ4v) is 9.14. The van der Waals surface area contributed by atoms with E-state index in [1.807, 2.05) is 27.7 Å². The minimum Gasteiger partial charge on any atom is -0.481 e. The van der Waals surface area contributed by atoms with Crippen molar-refractivity contribution in [1.29, 1.82) is 0 Å². The summed E-state index contributed by atoms with van der Waals surface area (Å²) in [6.07, 6.45) is 0.465. The van der Waals surface area contributed by atoms with E-state index in [0.717, 1.165) is 0 Å². The van der Waals surface area contributed by atoms with Crippen LogP contribution in [0.5, 0.6) is 0 Å². The van der Waals surface area contributed by atoms with E-state index in [2.05, 4.69) is 47.9 Å². The normalized spacial score (nSPS) is 15.1. The summed E-state index contributed by atoms with van der Waals surface area (Å²) in [5.74, 6) is -12.5. The molecule has 0 aromatic heterocycles. The van der Waals surface area contributed by atoms with Crippen LogP contribution in [0.1, 0.15) is 186 Å². The molecule has 0 saturated carbocycles. The van der Waals surface area contributed by atoms with Crippen molar-refractivity contribution in [2.45, 2.75) is 246 Å². The second-order valence-electron chi connectivity index (χ2n) is 24.7. The highest BCUT2D eigenvalue weighted by atomic mass is 16.4. The van der Waals surface area contributed by atoms with Crippen LogP contribution in [0.15, 0.2) is 0 Å². The van der Waals surface area contributed by atoms with Gasteiger partial charge in [-0.3, -0.25) is 52.7 Å². The lowest BCUT2D eigenvalue weighted by Gasteiger charge is -2.29. The van der Waals surface area contributed by atoms with Crippen molar-refractivity contribution in [3.63, 3.8) is 0 Å². The second-order valence-corrected chi connectivity index (χ2v) is 24.7. The summed E-state index contributed by atoms with van der Waals surface area (Å²) < 4.78 is 0. The van der Waals surface area contributed by atoms with Gasteiger partial charge in [-0.15, -0.1) is 0 Å². The molecular formula is C58H106N12O15. The summed E-state index contributed by atoms with van der Waals surface area (Å²) in [5, 5.41) is 52.7. The lowest BCUT2D eigenvalue weighted by atomic mass is 9.98. The molecule has 85 heavy (non-hydrogen) atoms. The van der Waals surface area contributed by atoms with Gasteiger partial charge in [0.05, 0.1) is 6.04 Å². The van der Waals surface area contributed by atoms with Crippen LogP contribution >= 0.6 is 0 Å². The molecule has 0 rings (SSSR count). The molecule has 0 radical (unpaired) electrons. The number of rotatable bonds is 45. The molecule has 0 aromatic carbocycles. The van der Waals surface area contributed by atoms with Gasteiger partial charge in [0, 0.05) is 12.8 Å². The number of carbonyl (C=O) groups excluding carboxylic acids is 9. The maximum Gasteiger partial charge on any atom is 0.326 e. The molecule has 0 aliphatic carbocycles. The van der Waals surface area contributed by atoms with Gasteiger partial charge >= 0.3 is 17.9 Å². The number of hydrogen-bond acceptors (Lipinski definition) is 15. The Labute approximate surface area is 502 Å². The van der Waals surface area contributed by atoms with Crippen molar-refractivity contribution in [1.82, 2.24) is 47.9 Å². The minimum atomic E-state index is -1.70. The number of aliphatic carboxylic acids is 3. The van der Waals surface area contributed by atoms with Crippen LogP contribution in [0.3, 0.4) is 0 Å². The molecule has 0 aliphatic rings. The highest BCUT2D eigenvalue weighted by Gasteiger charge is 2.37. The maximum atomic E-state index is 14.4. The van der Waals surface area contributed by atoms with Crippen molar-refractivity contribution in [3.8, 4) is 0 Å². The Morgan fingerprint density at radius 2 is 0.506 bits per heavy atom. The minimum absolute atomic E-state index is 0.0226. The molecule has 0 saturated heterocycles. The Balaban J connectivity index is 6.98. The predicted molar refractivity (Wildman–Crippen MR) is 319 cm³/mol. The van der Waals surface area contributed by atoms with Crippen LogP contribution in [-0.2, 0) is 57.5 Å². The average molecular weight is 1210 g/mol. The van der Waals surface area contributed by atoms with Crippen LogP contribution in [0.2, 0.25) is 0 Å². The van der Waals surface area contributed by atoms with E-state index in [1.54, 1.807) is 55.4 Å². The first kappa shape index (κ1) is 78.5. The van der Waals surface area contributed by atoms with E-state index in [4.69, 9.17) is 17.2 Å². The second kappa shape index (κ2) is 41.5. The monoisotopic (exact) mass is 1210 g/mol. The number of hydrogen-bond donors (Lipinski definition) is 15. The van der Waals surface area contributed by atoms with Gasteiger partial charge in [0.2, 0.25) is 53.2 Å². The molecule has 0 fully saturated rings. The first-order valence-corrected chi connectivity index (χ1v) is 30.2. The van der Waals surface area contributed by atoms with Crippen LogP contribution in [0, 0.1) is 35.5 Å². The fraction of sp³-hybridized carbons (Fsp3) is 0.793. The Kier molecular flexibility index (Phi) is 38.4. The third-order valence-electron chi connectivity index (χ3n) is 13.5. The Morgan fingerprint density at radius 1 is 0.294 bits per heavy atom. The molecule has 0 spiro atoms. The van der Waals surface area contributed by atoms with Crippen molar-refractivity contribution in [3.05, 3.63) is 0 Å². The van der Waals surface area contributed by atoms with Crippen LogP contribution in [0.4, 0.5) is 0 Å². The lowest BCUT2D eigenvalue weighted by molar-refractivity contribution is -0.143. The quantitative estimate of drug-likeness (QED) is 0.0379. The molecule has 27 heteroatoms. The predicted octanol–water partition coefficient (Wildman–Crippen LogP) is 1.03. The number of nitrogens with one attached hydrogen (secondary N) is 9. The summed E-state index contributed by atoms with van der Waals surface area (Å²) in [6.45, 7) is 22.1. The highest BCUT2D eigenvalue weighted by Crippen LogP contribution is 2.16. The van der Waals surface area contributed by atoms with Crippen molar-refractivity contribution >= 4 is 71.1 Å². The number of amides is 9. The molecule has 0 unspecified atom stereocenters. The van der Waals surface area contributed by atoms with Crippen LogP contribution < -0.4 is 65.1 Å². The zero-order chi connectivity index (χ0) is 65.3. The van der Waals surface area contributed by atoms with Gasteiger partial charge in [0.15, 0.2) is 0 Å². The molecular weight excluding hydrogens is 1100 g/mol. The number of carbonyl (C=O) groups is 12. The van der Waals surface area contributed by atoms with Crippen LogP contribution in [-0.4, -0.2) is 160 Å². The van der Waals surface area contributed by atoms with Crippen molar-refractivity contribution in [2.24, 2.45) is 52.7 Å². The molecule has 9 amide bonds. The van der Waals surface area contributed by atoms with Gasteiger partial charge < -0.3 is 80.4 Å². The van der Waals surface area contributed by atoms with E-state index in [0.29, 0.717) is 38.6 Å². The summed E-state index contributed by atoms with van der Waals surface area (Å²) in [6, 6.07) is -13.1. The molecule has 10 atom stereocenters. The highest BCUT2D eigenvalue weighted by molar-refractivity contribution is 5.98. The van der Waals surface area contributed by atoms with Gasteiger partial charge in [0.25, 0.3) is 0 Å². The molecule has 0 aromatic rings. The van der Waals surface area contributed by atoms with E-state index in [-0.39, 0.29) is 87.0 Å². The van der Waals surface area contributed by atoms with Crippen molar-refractivity contribution in [2.75, 3.05) is 13.1 Å². The zero-order valence-electron chi connectivity index (χ0n) is 52.4. The van der Waals surface area contributed by atoms with Gasteiger partial charge in [-0.1, -0.05) is 89.5 Å². The summed E-state index contributed by atoms with van der Waals surface area (Å²) in [7, 11) is 0. The van der Waals surface area contributed by atoms with Crippen LogP contribution in [0.25, 0.3) is 0 Å². The fourth-order valence-electron chi connectivity index (χ4n) is 9.14. The SMILES string of the molecule is CC(C)C[C@H](NC(=O)[C@H](CC(C)C)NC(=O)[C@H](CCCCN)NC(=O)[C@H](CC(C)C)NC(=O)[C@H](CC(C)C)NC(=O)[C@H](CCC(=O)O)NC(=O)[C@H](CCC(=O)O)NC(=O)[C@H](CC(C)C)NC(=O)[C@H](CC(C)C)NC(=O)[C@@H](N)CCCCN)C(=O)O. The molecule has 488 valence electrons. The van der Waals surface area contributed by atoms with E-state index >= 15 is 0 Å². The van der Waals surface area contributed by atoms with Gasteiger partial charge in [-0.05, 0) is 132 Å². The molecule has 27 nitrogen and oxygen atoms in total. The summed E-state index contributed by atoms with van der Waals surface area (Å²) in [4.78, 5) is 162. The number of carboxylic acid groups (broad SMARTS) is 3. The standard InChI is InChI=1S/C58H106N12O15/c1-31(2)25-41(65-49(75)37(61)17-13-15-23-59)55(81)68-43(27-33(5)6)54(80)64-39(19-21-47(71)72)51(77)63-40(20-22-48(73)74)52(78)67-44(28-34(7)8)56(82)69-42(26-32(3)4)53(79)62-38(18-14-16-24-60)50(76)66-45(29-35(9)10)57(83)70-46(58(84)85)30-36(11)12/h31-46H,13-30,59-61H2,1-12H3,(H,62,79)(H,63,77)(H,64,80)(H,65,75)(H,66,76)(H,67,78)(H,68,81)(H,69,82)(H,70,83)(H,71,72)(H,73,74)(H,84,85)/t37-,38-,39-,40-,41-,42-,43-,44-,45-,46-/m0/s1. The van der Waals surface area contributed by atoms with Gasteiger partial charge in [-0.2, -0.15) is 0 Å². The summed E-state index contributed by atoms with van der Waals surface area (Å²) >= 11 is 0. The average Bonchev–Trinajstić information content (AvgIpc) is 3.57. The summed E-state index contributed by atoms with van der Waals surface area (Å²) in [5.41, 5.74) is 17.4. The molecule has 0 aliphatic heterocycles. The molecule has 18 N–H and O–H groups in total. The number of nitrogens with two attached hydrogens (primary N) is 3. The largest absolute Gasteiger partial charge is 0.481 e. The Bertz CT molecular complexity index is 2160. The van der Waals surface area contributed by atoms with Gasteiger partial charge in [0.1, 0.15) is 54.4 Å². The molecule has 0 bridgehead atoms. The van der Waals surface area contributed by atoms with E-state index in [1.165, 1.54) is 0 Å². The zero-order valence-corrected chi connectivity index (χ0v) is 52.4. The smallest absolute Gasteiger partial charge is 0.326 e. The first-order chi connectivity index (χ1) is 39.6. The third kappa shape index (κ3) is 34.3. The lowest BCUT2D eigenvalue weighted by Crippen LogP contribution is -2.61. The Hall–Kier alpha value is -6.48. The molecule has 0 heterocycles.